The first-order valence-corrected chi connectivity index (χ1v) is 7.74. The number of hydrogen-bond acceptors (Lipinski definition) is 2. The van der Waals surface area contributed by atoms with Crippen molar-refractivity contribution < 1.29 is 14.6 Å². The first-order chi connectivity index (χ1) is 10.1. The summed E-state index contributed by atoms with van der Waals surface area (Å²) in [5.74, 6) is -0.935. The van der Waals surface area contributed by atoms with Crippen LogP contribution in [-0.4, -0.2) is 17.2 Å². The Morgan fingerprint density at radius 2 is 2.05 bits per heavy atom. The Labute approximate surface area is 127 Å². The molecule has 0 spiro atoms. The lowest BCUT2D eigenvalue weighted by atomic mass is 10.1. The molecule has 0 amide bonds. The quantitative estimate of drug-likeness (QED) is 0.503. The molecule has 116 valence electrons. The molecule has 0 saturated heterocycles. The molecule has 0 aromatic heterocycles. The van der Waals surface area contributed by atoms with E-state index in [0.717, 1.165) is 23.6 Å². The van der Waals surface area contributed by atoms with Gasteiger partial charge in [0.15, 0.2) is 0 Å². The molecule has 1 N–H and O–H groups in total. The number of carboxylic acids is 1. The fourth-order valence-corrected chi connectivity index (χ4v) is 2.16. The van der Waals surface area contributed by atoms with Gasteiger partial charge in [-0.05, 0) is 30.5 Å². The maximum absolute atomic E-state index is 10.6. The average molecular weight is 290 g/mol. The zero-order valence-electron chi connectivity index (χ0n) is 13.0. The Balaban J connectivity index is 2.45. The van der Waals surface area contributed by atoms with Crippen LogP contribution in [-0.2, 0) is 16.1 Å². The molecule has 1 aromatic rings. The molecule has 1 aromatic carbocycles. The number of hydrogen-bond donors (Lipinski definition) is 1. The summed E-state index contributed by atoms with van der Waals surface area (Å²) in [6, 6.07) is 7.73. The van der Waals surface area contributed by atoms with Gasteiger partial charge in [-0.25, -0.2) is 4.79 Å². The average Bonchev–Trinajstić information content (AvgIpc) is 2.48. The number of aliphatic carboxylic acids is 1. The number of unbranched alkanes of at least 4 members (excludes halogenated alkanes) is 3. The van der Waals surface area contributed by atoms with Crippen molar-refractivity contribution in [2.75, 3.05) is 0 Å². The van der Waals surface area contributed by atoms with Gasteiger partial charge in [-0.1, -0.05) is 56.9 Å². The lowest BCUT2D eigenvalue weighted by molar-refractivity contribution is -0.131. The topological polar surface area (TPSA) is 46.5 Å². The molecule has 1 atom stereocenters. The summed E-state index contributed by atoms with van der Waals surface area (Å²) in [6.07, 6.45) is 9.09. The Hall–Kier alpha value is -1.61. The van der Waals surface area contributed by atoms with Gasteiger partial charge in [0.2, 0.25) is 0 Å². The van der Waals surface area contributed by atoms with E-state index < -0.39 is 5.97 Å². The Morgan fingerprint density at radius 3 is 2.76 bits per heavy atom. The lowest BCUT2D eigenvalue weighted by Crippen LogP contribution is -2.08. The van der Waals surface area contributed by atoms with E-state index in [-0.39, 0.29) is 6.10 Å². The molecule has 0 radical (unpaired) electrons. The van der Waals surface area contributed by atoms with Gasteiger partial charge in [-0.3, -0.25) is 0 Å². The highest BCUT2D eigenvalue weighted by molar-refractivity contribution is 5.85. The summed E-state index contributed by atoms with van der Waals surface area (Å²) >= 11 is 0. The van der Waals surface area contributed by atoms with Crippen molar-refractivity contribution in [2.45, 2.75) is 58.7 Å². The molecule has 0 bridgehead atoms. The van der Waals surface area contributed by atoms with Crippen molar-refractivity contribution in [2.24, 2.45) is 0 Å². The van der Waals surface area contributed by atoms with Gasteiger partial charge in [0.05, 0.1) is 12.7 Å². The van der Waals surface area contributed by atoms with E-state index in [0.29, 0.717) is 6.61 Å². The minimum atomic E-state index is -0.935. The molecule has 0 heterocycles. The lowest BCUT2D eigenvalue weighted by Gasteiger charge is -2.14. The monoisotopic (exact) mass is 290 g/mol. The van der Waals surface area contributed by atoms with Crippen LogP contribution in [0.15, 0.2) is 30.3 Å². The number of benzene rings is 1. The SMILES string of the molecule is CCCCCCC(C)OCc1ccccc1C=CC(=O)O. The van der Waals surface area contributed by atoms with Crippen molar-refractivity contribution in [1.82, 2.24) is 0 Å². The fourth-order valence-electron chi connectivity index (χ4n) is 2.16. The van der Waals surface area contributed by atoms with E-state index in [1.54, 1.807) is 6.08 Å². The highest BCUT2D eigenvalue weighted by Crippen LogP contribution is 2.15. The van der Waals surface area contributed by atoms with E-state index in [1.165, 1.54) is 25.7 Å². The molecule has 0 aliphatic rings. The van der Waals surface area contributed by atoms with Crippen LogP contribution < -0.4 is 0 Å². The minimum Gasteiger partial charge on any atom is -0.478 e. The second kappa shape index (κ2) is 10.2. The van der Waals surface area contributed by atoms with Crippen molar-refractivity contribution in [3.8, 4) is 0 Å². The molecule has 1 rings (SSSR count). The third-order valence-corrected chi connectivity index (χ3v) is 3.45. The molecular weight excluding hydrogens is 264 g/mol. The van der Waals surface area contributed by atoms with Gasteiger partial charge >= 0.3 is 5.97 Å². The molecule has 1 unspecified atom stereocenters. The fraction of sp³-hybridized carbons (Fsp3) is 0.500. The van der Waals surface area contributed by atoms with Crippen LogP contribution >= 0.6 is 0 Å². The third-order valence-electron chi connectivity index (χ3n) is 3.45. The smallest absolute Gasteiger partial charge is 0.328 e. The van der Waals surface area contributed by atoms with E-state index in [4.69, 9.17) is 9.84 Å². The van der Waals surface area contributed by atoms with Gasteiger partial charge in [0, 0.05) is 6.08 Å². The van der Waals surface area contributed by atoms with Crippen LogP contribution in [0.2, 0.25) is 0 Å². The zero-order chi connectivity index (χ0) is 15.5. The highest BCUT2D eigenvalue weighted by atomic mass is 16.5. The van der Waals surface area contributed by atoms with Gasteiger partial charge in [0.25, 0.3) is 0 Å². The van der Waals surface area contributed by atoms with Crippen molar-refractivity contribution >= 4 is 12.0 Å². The van der Waals surface area contributed by atoms with Crippen LogP contribution in [0.1, 0.15) is 57.1 Å². The Morgan fingerprint density at radius 1 is 1.29 bits per heavy atom. The van der Waals surface area contributed by atoms with Crippen LogP contribution in [0.4, 0.5) is 0 Å². The van der Waals surface area contributed by atoms with Crippen LogP contribution in [0.25, 0.3) is 6.08 Å². The van der Waals surface area contributed by atoms with Gasteiger partial charge in [-0.2, -0.15) is 0 Å². The summed E-state index contributed by atoms with van der Waals surface area (Å²) in [5.41, 5.74) is 1.92. The number of rotatable bonds is 10. The predicted octanol–water partition coefficient (Wildman–Crippen LogP) is 4.66. The van der Waals surface area contributed by atoms with Crippen molar-refractivity contribution in [3.05, 3.63) is 41.5 Å². The van der Waals surface area contributed by atoms with Crippen molar-refractivity contribution in [3.63, 3.8) is 0 Å². The summed E-state index contributed by atoms with van der Waals surface area (Å²) < 4.78 is 5.87. The molecular formula is C18H26O3. The molecule has 0 saturated carbocycles. The van der Waals surface area contributed by atoms with E-state index in [2.05, 4.69) is 13.8 Å². The normalized spacial score (nSPS) is 12.7. The van der Waals surface area contributed by atoms with E-state index >= 15 is 0 Å². The van der Waals surface area contributed by atoms with Gasteiger partial charge < -0.3 is 9.84 Å². The van der Waals surface area contributed by atoms with Crippen LogP contribution in [0.5, 0.6) is 0 Å². The number of carboxylic acid groups (broad SMARTS) is 1. The largest absolute Gasteiger partial charge is 0.478 e. The highest BCUT2D eigenvalue weighted by Gasteiger charge is 2.05. The maximum Gasteiger partial charge on any atom is 0.328 e. The summed E-state index contributed by atoms with van der Waals surface area (Å²) in [6.45, 7) is 4.83. The number of ether oxygens (including phenoxy) is 1. The summed E-state index contributed by atoms with van der Waals surface area (Å²) in [4.78, 5) is 10.6. The first-order valence-electron chi connectivity index (χ1n) is 7.74. The van der Waals surface area contributed by atoms with E-state index in [1.807, 2.05) is 24.3 Å². The second-order valence-corrected chi connectivity index (χ2v) is 5.34. The second-order valence-electron chi connectivity index (χ2n) is 5.34. The van der Waals surface area contributed by atoms with Crippen LogP contribution in [0.3, 0.4) is 0 Å². The van der Waals surface area contributed by atoms with Crippen LogP contribution in [0, 0.1) is 0 Å². The predicted molar refractivity (Wildman–Crippen MR) is 86.1 cm³/mol. The van der Waals surface area contributed by atoms with E-state index in [9.17, 15) is 4.79 Å². The molecule has 0 aliphatic heterocycles. The zero-order valence-corrected chi connectivity index (χ0v) is 13.0. The maximum atomic E-state index is 10.6. The summed E-state index contributed by atoms with van der Waals surface area (Å²) in [7, 11) is 0. The molecule has 21 heavy (non-hydrogen) atoms. The Bertz CT molecular complexity index is 452. The van der Waals surface area contributed by atoms with Gasteiger partial charge in [0.1, 0.15) is 0 Å². The number of carbonyl (C=O) groups is 1. The molecule has 0 fully saturated rings. The van der Waals surface area contributed by atoms with Gasteiger partial charge in [-0.15, -0.1) is 0 Å². The third kappa shape index (κ3) is 7.66. The summed E-state index contributed by atoms with van der Waals surface area (Å²) in [5, 5.41) is 8.71. The minimum absolute atomic E-state index is 0.235. The molecule has 0 aliphatic carbocycles. The molecule has 3 nitrogen and oxygen atoms in total. The van der Waals surface area contributed by atoms with Crippen molar-refractivity contribution in [1.29, 1.82) is 0 Å². The molecule has 3 heteroatoms. The Kier molecular flexibility index (Phi) is 8.44. The first kappa shape index (κ1) is 17.4. The standard InChI is InChI=1S/C18H26O3/c1-3-4-5-6-9-15(2)21-14-17-11-8-7-10-16(17)12-13-18(19)20/h7-8,10-13,15H,3-6,9,14H2,1-2H3,(H,19,20).